The highest BCUT2D eigenvalue weighted by molar-refractivity contribution is 5.79. The lowest BCUT2D eigenvalue weighted by Crippen LogP contribution is -2.21. The van der Waals surface area contributed by atoms with E-state index in [2.05, 4.69) is 23.4 Å². The van der Waals surface area contributed by atoms with Crippen molar-refractivity contribution in [3.63, 3.8) is 0 Å². The summed E-state index contributed by atoms with van der Waals surface area (Å²) in [5, 5.41) is 0. The number of hydrogen-bond donors (Lipinski definition) is 0. The Morgan fingerprint density at radius 1 is 1.36 bits per heavy atom. The zero-order chi connectivity index (χ0) is 10.3. The third kappa shape index (κ3) is 1.37. The second kappa shape index (κ2) is 3.23. The van der Waals surface area contributed by atoms with E-state index in [-0.39, 0.29) is 0 Å². The van der Waals surface area contributed by atoms with Crippen molar-refractivity contribution < 1.29 is 4.79 Å². The van der Waals surface area contributed by atoms with E-state index in [9.17, 15) is 4.79 Å². The van der Waals surface area contributed by atoms with Crippen LogP contribution < -0.4 is 0 Å². The predicted molar refractivity (Wildman–Crippen MR) is 54.4 cm³/mol. The van der Waals surface area contributed by atoms with Gasteiger partial charge in [0.2, 0.25) is 0 Å². The Morgan fingerprint density at radius 2 is 2.07 bits per heavy atom. The Hall–Kier alpha value is -1.12. The molecule has 0 aliphatic carbocycles. The zero-order valence-corrected chi connectivity index (χ0v) is 9.00. The molecule has 1 aliphatic rings. The molecule has 1 aliphatic heterocycles. The topological polar surface area (TPSA) is 34.9 Å². The van der Waals surface area contributed by atoms with Gasteiger partial charge in [0.15, 0.2) is 5.78 Å². The van der Waals surface area contributed by atoms with E-state index in [1.54, 1.807) is 0 Å². The molecule has 14 heavy (non-hydrogen) atoms. The normalized spacial score (nSPS) is 16.1. The van der Waals surface area contributed by atoms with Crippen molar-refractivity contribution in [3.8, 4) is 0 Å². The number of rotatable bonds is 1. The second-order valence-corrected chi connectivity index (χ2v) is 4.28. The highest BCUT2D eigenvalue weighted by atomic mass is 16.1. The summed E-state index contributed by atoms with van der Waals surface area (Å²) in [6, 6.07) is 0. The van der Waals surface area contributed by atoms with E-state index < -0.39 is 0 Å². The van der Waals surface area contributed by atoms with Crippen LogP contribution in [0.15, 0.2) is 0 Å². The van der Waals surface area contributed by atoms with Crippen LogP contribution in [0, 0.1) is 6.92 Å². The number of aryl methyl sites for hydroxylation is 1. The molecule has 0 N–H and O–H groups in total. The number of carbonyl (C=O) groups excluding carboxylic acids is 1. The molecule has 0 radical (unpaired) electrons. The SMILES string of the molecule is Cc1nc(C(C)C)n2c1CCC(=O)C2. The van der Waals surface area contributed by atoms with Crippen molar-refractivity contribution in [1.29, 1.82) is 0 Å². The van der Waals surface area contributed by atoms with E-state index in [0.717, 1.165) is 17.9 Å². The highest BCUT2D eigenvalue weighted by Crippen LogP contribution is 2.23. The monoisotopic (exact) mass is 192 g/mol. The smallest absolute Gasteiger partial charge is 0.152 e. The number of imidazole rings is 1. The lowest BCUT2D eigenvalue weighted by molar-refractivity contribution is -0.120. The molecule has 0 fully saturated rings. The van der Waals surface area contributed by atoms with E-state index >= 15 is 0 Å². The molecule has 2 rings (SSSR count). The molecular formula is C11H16N2O. The van der Waals surface area contributed by atoms with Crippen molar-refractivity contribution in [2.45, 2.75) is 46.1 Å². The van der Waals surface area contributed by atoms with Crippen molar-refractivity contribution in [3.05, 3.63) is 17.2 Å². The number of ketones is 1. The summed E-state index contributed by atoms with van der Waals surface area (Å²) >= 11 is 0. The average Bonchev–Trinajstić information content (AvgIpc) is 2.43. The zero-order valence-electron chi connectivity index (χ0n) is 9.00. The number of aromatic nitrogens is 2. The molecule has 3 heteroatoms. The predicted octanol–water partition coefficient (Wildman–Crippen LogP) is 1.83. The fourth-order valence-corrected chi connectivity index (χ4v) is 2.08. The summed E-state index contributed by atoms with van der Waals surface area (Å²) in [5.74, 6) is 1.79. The van der Waals surface area contributed by atoms with Gasteiger partial charge in [-0.3, -0.25) is 4.79 Å². The van der Waals surface area contributed by atoms with Crippen LogP contribution in [0.3, 0.4) is 0 Å². The van der Waals surface area contributed by atoms with Crippen LogP contribution in [0.5, 0.6) is 0 Å². The number of fused-ring (bicyclic) bond motifs is 1. The van der Waals surface area contributed by atoms with Crippen LogP contribution in [0.4, 0.5) is 0 Å². The quantitative estimate of drug-likeness (QED) is 0.680. The molecule has 0 unspecified atom stereocenters. The second-order valence-electron chi connectivity index (χ2n) is 4.28. The van der Waals surface area contributed by atoms with E-state index in [4.69, 9.17) is 0 Å². The van der Waals surface area contributed by atoms with Gasteiger partial charge in [0.1, 0.15) is 5.82 Å². The Bertz CT molecular complexity index is 377. The molecule has 1 aromatic rings. The van der Waals surface area contributed by atoms with Crippen LogP contribution in [0.1, 0.15) is 43.4 Å². The molecule has 0 saturated heterocycles. The lowest BCUT2D eigenvalue weighted by atomic mass is 10.1. The van der Waals surface area contributed by atoms with E-state index in [0.29, 0.717) is 24.7 Å². The van der Waals surface area contributed by atoms with Crippen LogP contribution in [0.2, 0.25) is 0 Å². The first-order valence-electron chi connectivity index (χ1n) is 5.17. The number of Topliss-reactive ketones (excluding diaryl/α,β-unsaturated/α-hetero) is 1. The summed E-state index contributed by atoms with van der Waals surface area (Å²) in [6.07, 6.45) is 1.55. The molecule has 76 valence electrons. The third-order valence-electron chi connectivity index (χ3n) is 2.79. The van der Waals surface area contributed by atoms with Gasteiger partial charge in [0, 0.05) is 18.0 Å². The third-order valence-corrected chi connectivity index (χ3v) is 2.79. The number of nitrogens with zero attached hydrogens (tertiary/aromatic N) is 2. The van der Waals surface area contributed by atoms with E-state index in [1.807, 2.05) is 6.92 Å². The maximum absolute atomic E-state index is 11.4. The Morgan fingerprint density at radius 3 is 2.71 bits per heavy atom. The minimum Gasteiger partial charge on any atom is -0.324 e. The Balaban J connectivity index is 2.50. The van der Waals surface area contributed by atoms with Crippen LogP contribution in [-0.4, -0.2) is 15.3 Å². The van der Waals surface area contributed by atoms with Crippen molar-refractivity contribution in [1.82, 2.24) is 9.55 Å². The number of hydrogen-bond acceptors (Lipinski definition) is 2. The standard InChI is InChI=1S/C11H16N2O/c1-7(2)11-12-8(3)10-5-4-9(14)6-13(10)11/h7H,4-6H2,1-3H3. The van der Waals surface area contributed by atoms with Gasteiger partial charge in [0.25, 0.3) is 0 Å². The van der Waals surface area contributed by atoms with Crippen LogP contribution >= 0.6 is 0 Å². The maximum atomic E-state index is 11.4. The van der Waals surface area contributed by atoms with Gasteiger partial charge in [-0.25, -0.2) is 4.98 Å². The summed E-state index contributed by atoms with van der Waals surface area (Å²) in [4.78, 5) is 15.9. The van der Waals surface area contributed by atoms with Gasteiger partial charge in [-0.1, -0.05) is 13.8 Å². The summed E-state index contributed by atoms with van der Waals surface area (Å²) in [5.41, 5.74) is 2.36. The van der Waals surface area contributed by atoms with Crippen molar-refractivity contribution in [2.24, 2.45) is 0 Å². The first-order valence-corrected chi connectivity index (χ1v) is 5.17. The van der Waals surface area contributed by atoms with Gasteiger partial charge in [-0.05, 0) is 13.3 Å². The average molecular weight is 192 g/mol. The van der Waals surface area contributed by atoms with Crippen LogP contribution in [-0.2, 0) is 17.8 Å². The van der Waals surface area contributed by atoms with Crippen molar-refractivity contribution in [2.75, 3.05) is 0 Å². The van der Waals surface area contributed by atoms with Gasteiger partial charge in [0.05, 0.1) is 12.2 Å². The molecule has 3 nitrogen and oxygen atoms in total. The van der Waals surface area contributed by atoms with Gasteiger partial charge >= 0.3 is 0 Å². The minimum absolute atomic E-state index is 0.330. The minimum atomic E-state index is 0.330. The van der Waals surface area contributed by atoms with Gasteiger partial charge in [-0.2, -0.15) is 0 Å². The van der Waals surface area contributed by atoms with Gasteiger partial charge in [-0.15, -0.1) is 0 Å². The Kier molecular flexibility index (Phi) is 2.17. The summed E-state index contributed by atoms with van der Waals surface area (Å²) in [6.45, 7) is 6.81. The van der Waals surface area contributed by atoms with Crippen LogP contribution in [0.25, 0.3) is 0 Å². The molecule has 2 heterocycles. The largest absolute Gasteiger partial charge is 0.324 e. The van der Waals surface area contributed by atoms with Gasteiger partial charge < -0.3 is 4.57 Å². The first-order chi connectivity index (χ1) is 6.59. The van der Waals surface area contributed by atoms with E-state index in [1.165, 1.54) is 5.69 Å². The molecule has 0 saturated carbocycles. The fourth-order valence-electron chi connectivity index (χ4n) is 2.08. The molecule has 1 aromatic heterocycles. The molecular weight excluding hydrogens is 176 g/mol. The maximum Gasteiger partial charge on any atom is 0.152 e. The highest BCUT2D eigenvalue weighted by Gasteiger charge is 2.22. The summed E-state index contributed by atoms with van der Waals surface area (Å²) < 4.78 is 2.10. The lowest BCUT2D eigenvalue weighted by Gasteiger charge is -2.17. The molecule has 0 atom stereocenters. The molecule has 0 amide bonds. The Labute approximate surface area is 84.1 Å². The fraction of sp³-hybridized carbons (Fsp3) is 0.636. The first kappa shape index (κ1) is 9.44. The molecule has 0 spiro atoms. The summed E-state index contributed by atoms with van der Waals surface area (Å²) in [7, 11) is 0. The number of carbonyl (C=O) groups is 1. The molecule has 0 bridgehead atoms. The molecule has 0 aromatic carbocycles. The van der Waals surface area contributed by atoms with Crippen molar-refractivity contribution >= 4 is 5.78 Å².